The maximum absolute atomic E-state index is 13.2. The lowest BCUT2D eigenvalue weighted by Gasteiger charge is -2.06. The van der Waals surface area contributed by atoms with Crippen molar-refractivity contribution in [3.8, 4) is 0 Å². The largest absolute Gasteiger partial charge is 0.460 e. The van der Waals surface area contributed by atoms with E-state index in [-0.39, 0.29) is 13.2 Å². The fourth-order valence-corrected chi connectivity index (χ4v) is 1.34. The molecule has 19 heavy (non-hydrogen) atoms. The van der Waals surface area contributed by atoms with Crippen molar-refractivity contribution >= 4 is 5.97 Å². The highest BCUT2D eigenvalue weighted by Crippen LogP contribution is 2.12. The van der Waals surface area contributed by atoms with Crippen LogP contribution in [0.1, 0.15) is 16.8 Å². The van der Waals surface area contributed by atoms with Crippen LogP contribution in [0, 0.1) is 11.6 Å². The number of esters is 1. The second kappa shape index (κ2) is 8.55. The predicted molar refractivity (Wildman–Crippen MR) is 64.0 cm³/mol. The molecule has 0 unspecified atom stereocenters. The Bertz CT molecular complexity index is 410. The van der Waals surface area contributed by atoms with Gasteiger partial charge in [0.05, 0.1) is 12.2 Å². The van der Waals surface area contributed by atoms with Gasteiger partial charge < -0.3 is 14.2 Å². The van der Waals surface area contributed by atoms with Crippen LogP contribution in [0.25, 0.3) is 0 Å². The Morgan fingerprint density at radius 3 is 2.68 bits per heavy atom. The maximum Gasteiger partial charge on any atom is 0.341 e. The van der Waals surface area contributed by atoms with Gasteiger partial charge in [-0.15, -0.1) is 0 Å². The van der Waals surface area contributed by atoms with E-state index in [9.17, 15) is 13.6 Å². The SMILES string of the molecule is COCCCOCCOC(=O)c1cccc(F)c1F. The highest BCUT2D eigenvalue weighted by atomic mass is 19.2. The van der Waals surface area contributed by atoms with Gasteiger partial charge in [0, 0.05) is 20.3 Å². The van der Waals surface area contributed by atoms with Gasteiger partial charge in [-0.3, -0.25) is 0 Å². The van der Waals surface area contributed by atoms with Crippen molar-refractivity contribution < 1.29 is 27.8 Å². The molecule has 0 amide bonds. The third kappa shape index (κ3) is 5.32. The summed E-state index contributed by atoms with van der Waals surface area (Å²) in [5, 5.41) is 0. The number of hydrogen-bond acceptors (Lipinski definition) is 4. The molecule has 0 aromatic heterocycles. The number of halogens is 2. The van der Waals surface area contributed by atoms with E-state index in [0.717, 1.165) is 12.5 Å². The van der Waals surface area contributed by atoms with Crippen molar-refractivity contribution in [3.63, 3.8) is 0 Å². The Labute approximate surface area is 110 Å². The lowest BCUT2D eigenvalue weighted by molar-refractivity contribution is 0.0283. The molecule has 0 fully saturated rings. The van der Waals surface area contributed by atoms with Crippen molar-refractivity contribution in [1.29, 1.82) is 0 Å². The molecule has 4 nitrogen and oxygen atoms in total. The summed E-state index contributed by atoms with van der Waals surface area (Å²) in [5.74, 6) is -3.18. The van der Waals surface area contributed by atoms with Crippen LogP contribution in [0.4, 0.5) is 8.78 Å². The highest BCUT2D eigenvalue weighted by Gasteiger charge is 2.15. The van der Waals surface area contributed by atoms with Crippen LogP contribution < -0.4 is 0 Å². The van der Waals surface area contributed by atoms with Crippen molar-refractivity contribution in [2.75, 3.05) is 33.5 Å². The van der Waals surface area contributed by atoms with Gasteiger partial charge in [-0.1, -0.05) is 6.07 Å². The minimum Gasteiger partial charge on any atom is -0.460 e. The minimum atomic E-state index is -1.20. The first-order valence-electron chi connectivity index (χ1n) is 5.84. The summed E-state index contributed by atoms with van der Waals surface area (Å²) < 4.78 is 40.9. The van der Waals surface area contributed by atoms with Gasteiger partial charge in [0.2, 0.25) is 0 Å². The summed E-state index contributed by atoms with van der Waals surface area (Å²) in [5.41, 5.74) is -0.417. The van der Waals surface area contributed by atoms with E-state index in [1.165, 1.54) is 12.1 Å². The molecule has 0 bridgehead atoms. The molecule has 1 aromatic rings. The Morgan fingerprint density at radius 2 is 1.95 bits per heavy atom. The van der Waals surface area contributed by atoms with Gasteiger partial charge in [0.25, 0.3) is 0 Å². The second-order valence-corrected chi connectivity index (χ2v) is 3.70. The molecule has 0 saturated carbocycles. The number of rotatable bonds is 8. The van der Waals surface area contributed by atoms with E-state index in [1.54, 1.807) is 7.11 Å². The third-order valence-electron chi connectivity index (χ3n) is 2.27. The summed E-state index contributed by atoms with van der Waals surface area (Å²) in [6.07, 6.45) is 0.739. The predicted octanol–water partition coefficient (Wildman–Crippen LogP) is 2.17. The monoisotopic (exact) mass is 274 g/mol. The van der Waals surface area contributed by atoms with Crippen molar-refractivity contribution in [2.24, 2.45) is 0 Å². The zero-order chi connectivity index (χ0) is 14.1. The molecular formula is C13H16F2O4. The number of benzene rings is 1. The molecule has 1 rings (SSSR count). The molecule has 0 N–H and O–H groups in total. The standard InChI is InChI=1S/C13H16F2O4/c1-17-6-3-7-18-8-9-19-13(16)10-4-2-5-11(14)12(10)15/h2,4-5H,3,6-9H2,1H3. The van der Waals surface area contributed by atoms with Gasteiger partial charge in [0.15, 0.2) is 11.6 Å². The molecule has 0 aliphatic heterocycles. The van der Waals surface area contributed by atoms with E-state index in [1.807, 2.05) is 0 Å². The topological polar surface area (TPSA) is 44.8 Å². The molecule has 0 aliphatic rings. The molecule has 0 heterocycles. The zero-order valence-corrected chi connectivity index (χ0v) is 10.7. The van der Waals surface area contributed by atoms with E-state index in [4.69, 9.17) is 14.2 Å². The summed E-state index contributed by atoms with van der Waals surface area (Å²) in [6, 6.07) is 3.35. The first-order valence-corrected chi connectivity index (χ1v) is 5.84. The van der Waals surface area contributed by atoms with Crippen LogP contribution in [0.2, 0.25) is 0 Å². The smallest absolute Gasteiger partial charge is 0.341 e. The van der Waals surface area contributed by atoms with Gasteiger partial charge in [-0.2, -0.15) is 0 Å². The molecule has 106 valence electrons. The lowest BCUT2D eigenvalue weighted by Crippen LogP contribution is -2.13. The van der Waals surface area contributed by atoms with E-state index in [0.29, 0.717) is 13.2 Å². The van der Waals surface area contributed by atoms with Gasteiger partial charge in [-0.05, 0) is 18.6 Å². The molecule has 6 heteroatoms. The normalized spacial score (nSPS) is 10.5. The number of carbonyl (C=O) groups excluding carboxylic acids is 1. The molecule has 0 saturated heterocycles. The Morgan fingerprint density at radius 1 is 1.16 bits per heavy atom. The molecule has 0 aliphatic carbocycles. The summed E-state index contributed by atoms with van der Waals surface area (Å²) in [6.45, 7) is 1.27. The average molecular weight is 274 g/mol. The van der Waals surface area contributed by atoms with Gasteiger partial charge in [0.1, 0.15) is 6.61 Å². The van der Waals surface area contributed by atoms with Crippen LogP contribution in [0.3, 0.4) is 0 Å². The van der Waals surface area contributed by atoms with Crippen LogP contribution >= 0.6 is 0 Å². The quantitative estimate of drug-likeness (QED) is 0.538. The molecule has 1 aromatic carbocycles. The van der Waals surface area contributed by atoms with Crippen LogP contribution in [0.5, 0.6) is 0 Å². The highest BCUT2D eigenvalue weighted by molar-refractivity contribution is 5.89. The van der Waals surface area contributed by atoms with Crippen LogP contribution in [-0.2, 0) is 14.2 Å². The first-order chi connectivity index (χ1) is 9.16. The van der Waals surface area contributed by atoms with E-state index >= 15 is 0 Å². The zero-order valence-electron chi connectivity index (χ0n) is 10.7. The fraction of sp³-hybridized carbons (Fsp3) is 0.462. The fourth-order valence-electron chi connectivity index (χ4n) is 1.34. The molecular weight excluding hydrogens is 258 g/mol. The first kappa shape index (κ1) is 15.5. The van der Waals surface area contributed by atoms with Crippen molar-refractivity contribution in [2.45, 2.75) is 6.42 Å². The van der Waals surface area contributed by atoms with Crippen LogP contribution in [-0.4, -0.2) is 39.5 Å². The Kier molecular flexibility index (Phi) is 6.99. The van der Waals surface area contributed by atoms with Crippen LogP contribution in [0.15, 0.2) is 18.2 Å². The summed E-state index contributed by atoms with van der Waals surface area (Å²) in [4.78, 5) is 11.4. The molecule has 0 radical (unpaired) electrons. The van der Waals surface area contributed by atoms with Gasteiger partial charge >= 0.3 is 5.97 Å². The lowest BCUT2D eigenvalue weighted by atomic mass is 10.2. The van der Waals surface area contributed by atoms with Crippen molar-refractivity contribution in [1.82, 2.24) is 0 Å². The average Bonchev–Trinajstić information content (AvgIpc) is 2.40. The second-order valence-electron chi connectivity index (χ2n) is 3.70. The Balaban J connectivity index is 2.26. The maximum atomic E-state index is 13.2. The number of hydrogen-bond donors (Lipinski definition) is 0. The van der Waals surface area contributed by atoms with E-state index in [2.05, 4.69) is 0 Å². The third-order valence-corrected chi connectivity index (χ3v) is 2.27. The Hall–Kier alpha value is -1.53. The minimum absolute atomic E-state index is 0.0121. The summed E-state index contributed by atoms with van der Waals surface area (Å²) >= 11 is 0. The summed E-state index contributed by atoms with van der Waals surface area (Å²) in [7, 11) is 1.59. The number of ether oxygens (including phenoxy) is 3. The number of carbonyl (C=O) groups is 1. The molecule has 0 atom stereocenters. The van der Waals surface area contributed by atoms with Gasteiger partial charge in [-0.25, -0.2) is 13.6 Å². The number of methoxy groups -OCH3 is 1. The van der Waals surface area contributed by atoms with Crippen molar-refractivity contribution in [3.05, 3.63) is 35.4 Å². The molecule has 0 spiro atoms. The van der Waals surface area contributed by atoms with E-state index < -0.39 is 23.2 Å².